The average molecular weight is 269 g/mol. The van der Waals surface area contributed by atoms with Crippen LogP contribution < -0.4 is 0 Å². The Balaban J connectivity index is 2.22. The lowest BCUT2D eigenvalue weighted by Gasteiger charge is -2.07. The van der Waals surface area contributed by atoms with Crippen molar-refractivity contribution in [1.29, 1.82) is 0 Å². The zero-order chi connectivity index (χ0) is 14.7. The molecule has 3 nitrogen and oxygen atoms in total. The van der Waals surface area contributed by atoms with E-state index in [1.807, 2.05) is 54.9 Å². The molecule has 0 N–H and O–H groups in total. The lowest BCUT2D eigenvalue weighted by molar-refractivity contribution is -0.117. The third kappa shape index (κ3) is 3.05. The lowest BCUT2D eigenvalue weighted by Crippen LogP contribution is -2.09. The van der Waals surface area contributed by atoms with E-state index >= 15 is 0 Å². The highest BCUT2D eigenvalue weighted by molar-refractivity contribution is 6.08. The first-order valence-corrected chi connectivity index (χ1v) is 6.74. The molecule has 1 aromatic carbocycles. The molecule has 20 heavy (non-hydrogen) atoms. The Bertz CT molecular complexity index is 636. The molecule has 0 atom stereocenters. The summed E-state index contributed by atoms with van der Waals surface area (Å²) in [6.45, 7) is 3.58. The van der Waals surface area contributed by atoms with E-state index in [0.717, 1.165) is 11.3 Å². The normalized spacial score (nSPS) is 10.6. The van der Waals surface area contributed by atoms with Gasteiger partial charge in [-0.3, -0.25) is 4.79 Å². The van der Waals surface area contributed by atoms with Crippen LogP contribution in [0.3, 0.4) is 0 Å². The monoisotopic (exact) mass is 269 g/mol. The van der Waals surface area contributed by atoms with Gasteiger partial charge in [-0.05, 0) is 32.4 Å². The summed E-state index contributed by atoms with van der Waals surface area (Å²) in [5.41, 5.74) is 3.49. The summed E-state index contributed by atoms with van der Waals surface area (Å²) in [5.74, 6) is 0.180. The molecule has 2 aromatic rings. The number of rotatable bonds is 5. The Morgan fingerprint density at radius 2 is 1.70 bits per heavy atom. The molecule has 0 bridgehead atoms. The highest BCUT2D eigenvalue weighted by Crippen LogP contribution is 2.15. The minimum Gasteiger partial charge on any atom is -0.345 e. The van der Waals surface area contributed by atoms with Crippen LogP contribution >= 0.6 is 0 Å². The highest BCUT2D eigenvalue weighted by atomic mass is 16.1. The molecule has 0 unspecified atom stereocenters. The van der Waals surface area contributed by atoms with E-state index < -0.39 is 0 Å². The molecule has 0 aliphatic carbocycles. The van der Waals surface area contributed by atoms with Crippen LogP contribution in [0.2, 0.25) is 0 Å². The SMILES string of the molecule is CC(=O)CCc1ccc(C(=O)c2ccc(C)cc2)n1C. The fraction of sp³-hybridized carbons (Fsp3) is 0.294. The first kappa shape index (κ1) is 14.3. The van der Waals surface area contributed by atoms with Crippen LogP contribution in [-0.2, 0) is 18.3 Å². The van der Waals surface area contributed by atoms with Crippen molar-refractivity contribution in [2.45, 2.75) is 26.7 Å². The number of carbonyl (C=O) groups excluding carboxylic acids is 2. The molecule has 0 saturated carbocycles. The number of aromatic nitrogens is 1. The van der Waals surface area contributed by atoms with Crippen LogP contribution in [0, 0.1) is 6.92 Å². The Morgan fingerprint density at radius 3 is 2.30 bits per heavy atom. The van der Waals surface area contributed by atoms with Crippen LogP contribution in [0.25, 0.3) is 0 Å². The number of hydrogen-bond donors (Lipinski definition) is 0. The van der Waals surface area contributed by atoms with Gasteiger partial charge >= 0.3 is 0 Å². The van der Waals surface area contributed by atoms with E-state index in [4.69, 9.17) is 0 Å². The van der Waals surface area contributed by atoms with E-state index in [9.17, 15) is 9.59 Å². The molecule has 0 radical (unpaired) electrons. The van der Waals surface area contributed by atoms with Crippen molar-refractivity contribution in [1.82, 2.24) is 4.57 Å². The zero-order valence-electron chi connectivity index (χ0n) is 12.1. The molecular formula is C17H19NO2. The minimum absolute atomic E-state index is 0.0153. The number of hydrogen-bond acceptors (Lipinski definition) is 2. The summed E-state index contributed by atoms with van der Waals surface area (Å²) in [6, 6.07) is 11.3. The molecular weight excluding hydrogens is 250 g/mol. The topological polar surface area (TPSA) is 39.1 Å². The van der Waals surface area contributed by atoms with E-state index in [-0.39, 0.29) is 11.6 Å². The maximum atomic E-state index is 12.4. The predicted molar refractivity (Wildman–Crippen MR) is 79.0 cm³/mol. The molecule has 3 heteroatoms. The number of aryl methyl sites for hydroxylation is 2. The van der Waals surface area contributed by atoms with Gasteiger partial charge in [0.1, 0.15) is 5.78 Å². The Kier molecular flexibility index (Phi) is 4.18. The Labute approximate surface area is 119 Å². The van der Waals surface area contributed by atoms with Crippen LogP contribution in [0.15, 0.2) is 36.4 Å². The zero-order valence-corrected chi connectivity index (χ0v) is 12.1. The first-order chi connectivity index (χ1) is 9.49. The van der Waals surface area contributed by atoms with Crippen molar-refractivity contribution >= 4 is 11.6 Å². The van der Waals surface area contributed by atoms with Gasteiger partial charge in [-0.15, -0.1) is 0 Å². The smallest absolute Gasteiger partial charge is 0.209 e. The fourth-order valence-electron chi connectivity index (χ4n) is 2.19. The van der Waals surface area contributed by atoms with Crippen molar-refractivity contribution in [2.75, 3.05) is 0 Å². The van der Waals surface area contributed by atoms with E-state index in [2.05, 4.69) is 0 Å². The summed E-state index contributed by atoms with van der Waals surface area (Å²) < 4.78 is 1.88. The molecule has 0 aliphatic rings. The Hall–Kier alpha value is -2.16. The summed E-state index contributed by atoms with van der Waals surface area (Å²) >= 11 is 0. The van der Waals surface area contributed by atoms with Crippen molar-refractivity contribution in [3.05, 3.63) is 58.9 Å². The van der Waals surface area contributed by atoms with Gasteiger partial charge in [-0.25, -0.2) is 0 Å². The number of carbonyl (C=O) groups is 2. The predicted octanol–water partition coefficient (Wildman–Crippen LogP) is 3.09. The standard InChI is InChI=1S/C17H19NO2/c1-12-4-7-14(8-5-12)17(20)16-11-10-15(18(16)3)9-6-13(2)19/h4-5,7-8,10-11H,6,9H2,1-3H3. The molecule has 0 aliphatic heterocycles. The van der Waals surface area contributed by atoms with Crippen molar-refractivity contribution < 1.29 is 9.59 Å². The quantitative estimate of drug-likeness (QED) is 0.782. The van der Waals surface area contributed by atoms with Gasteiger partial charge in [-0.1, -0.05) is 29.8 Å². The first-order valence-electron chi connectivity index (χ1n) is 6.74. The number of Topliss-reactive ketones (excluding diaryl/α,β-unsaturated/α-hetero) is 1. The minimum atomic E-state index is 0.0153. The second kappa shape index (κ2) is 5.87. The Morgan fingerprint density at radius 1 is 1.05 bits per heavy atom. The van der Waals surface area contributed by atoms with Gasteiger partial charge < -0.3 is 9.36 Å². The molecule has 0 saturated heterocycles. The van der Waals surface area contributed by atoms with E-state index in [1.165, 1.54) is 0 Å². The summed E-state index contributed by atoms with van der Waals surface area (Å²) in [4.78, 5) is 23.5. The maximum Gasteiger partial charge on any atom is 0.209 e. The lowest BCUT2D eigenvalue weighted by atomic mass is 10.1. The molecule has 0 spiro atoms. The van der Waals surface area contributed by atoms with Gasteiger partial charge in [0, 0.05) is 24.7 Å². The van der Waals surface area contributed by atoms with E-state index in [0.29, 0.717) is 24.1 Å². The van der Waals surface area contributed by atoms with Crippen LogP contribution in [0.1, 0.15) is 40.7 Å². The number of nitrogens with zero attached hydrogens (tertiary/aromatic N) is 1. The molecule has 2 rings (SSSR count). The second-order valence-corrected chi connectivity index (χ2v) is 5.17. The average Bonchev–Trinajstić information content (AvgIpc) is 2.78. The fourth-order valence-corrected chi connectivity index (χ4v) is 2.19. The third-order valence-electron chi connectivity index (χ3n) is 3.51. The summed E-state index contributed by atoms with van der Waals surface area (Å²) in [5, 5.41) is 0. The van der Waals surface area contributed by atoms with E-state index in [1.54, 1.807) is 6.92 Å². The van der Waals surface area contributed by atoms with Crippen LogP contribution in [0.5, 0.6) is 0 Å². The number of ketones is 2. The molecule has 0 amide bonds. The third-order valence-corrected chi connectivity index (χ3v) is 3.51. The van der Waals surface area contributed by atoms with Gasteiger partial charge in [0.2, 0.25) is 5.78 Å². The molecule has 1 heterocycles. The van der Waals surface area contributed by atoms with Crippen LogP contribution in [0.4, 0.5) is 0 Å². The maximum absolute atomic E-state index is 12.4. The van der Waals surface area contributed by atoms with Crippen LogP contribution in [-0.4, -0.2) is 16.1 Å². The molecule has 104 valence electrons. The number of benzene rings is 1. The second-order valence-electron chi connectivity index (χ2n) is 5.17. The van der Waals surface area contributed by atoms with Crippen molar-refractivity contribution in [3.8, 4) is 0 Å². The van der Waals surface area contributed by atoms with Gasteiger partial charge in [0.25, 0.3) is 0 Å². The highest BCUT2D eigenvalue weighted by Gasteiger charge is 2.14. The van der Waals surface area contributed by atoms with Gasteiger partial charge in [-0.2, -0.15) is 0 Å². The van der Waals surface area contributed by atoms with Crippen molar-refractivity contribution in [2.24, 2.45) is 7.05 Å². The summed E-state index contributed by atoms with van der Waals surface area (Å²) in [6.07, 6.45) is 1.18. The van der Waals surface area contributed by atoms with Gasteiger partial charge in [0.15, 0.2) is 0 Å². The molecule has 0 fully saturated rings. The largest absolute Gasteiger partial charge is 0.345 e. The molecule has 1 aromatic heterocycles. The van der Waals surface area contributed by atoms with Gasteiger partial charge in [0.05, 0.1) is 5.69 Å². The van der Waals surface area contributed by atoms with Crippen molar-refractivity contribution in [3.63, 3.8) is 0 Å². The summed E-state index contributed by atoms with van der Waals surface area (Å²) in [7, 11) is 1.87.